The van der Waals surface area contributed by atoms with Crippen molar-refractivity contribution in [1.29, 1.82) is 0 Å². The van der Waals surface area contributed by atoms with Crippen molar-refractivity contribution in [3.8, 4) is 0 Å². The first kappa shape index (κ1) is 11.1. The minimum atomic E-state index is -0.855. The van der Waals surface area contributed by atoms with Crippen molar-refractivity contribution in [2.24, 2.45) is 5.73 Å². The van der Waals surface area contributed by atoms with Crippen molar-refractivity contribution in [2.45, 2.75) is 12.0 Å². The summed E-state index contributed by atoms with van der Waals surface area (Å²) < 4.78 is 18.8. The second kappa shape index (κ2) is 3.91. The molecule has 15 heavy (non-hydrogen) atoms. The van der Waals surface area contributed by atoms with Crippen LogP contribution < -0.4 is 5.73 Å². The van der Waals surface area contributed by atoms with E-state index in [-0.39, 0.29) is 17.2 Å². The van der Waals surface area contributed by atoms with Gasteiger partial charge in [0.25, 0.3) is 0 Å². The van der Waals surface area contributed by atoms with E-state index in [1.807, 2.05) is 0 Å². The summed E-state index contributed by atoms with van der Waals surface area (Å²) in [6, 6.07) is 2.69. The monoisotopic (exact) mass is 249 g/mol. The maximum atomic E-state index is 13.6. The van der Waals surface area contributed by atoms with Gasteiger partial charge in [-0.1, -0.05) is 23.2 Å². The van der Waals surface area contributed by atoms with E-state index < -0.39 is 11.4 Å². The summed E-state index contributed by atoms with van der Waals surface area (Å²) in [5.74, 6) is -0.433. The molecule has 0 amide bonds. The molecular formula is C10H10Cl2FNO. The largest absolute Gasteiger partial charge is 0.379 e. The molecule has 1 aromatic carbocycles. The highest BCUT2D eigenvalue weighted by atomic mass is 35.5. The highest BCUT2D eigenvalue weighted by Crippen LogP contribution is 2.38. The molecule has 82 valence electrons. The van der Waals surface area contributed by atoms with Gasteiger partial charge in [0, 0.05) is 12.2 Å². The number of halogens is 3. The van der Waals surface area contributed by atoms with Crippen LogP contribution in [0.4, 0.5) is 4.39 Å². The molecule has 5 heteroatoms. The van der Waals surface area contributed by atoms with Gasteiger partial charge in [0.05, 0.1) is 22.2 Å². The lowest BCUT2D eigenvalue weighted by atomic mass is 9.90. The average Bonchev–Trinajstić information content (AvgIpc) is 2.60. The van der Waals surface area contributed by atoms with Gasteiger partial charge in [0.2, 0.25) is 0 Å². The summed E-state index contributed by atoms with van der Waals surface area (Å²) in [7, 11) is 0. The van der Waals surface area contributed by atoms with Crippen LogP contribution in [0.2, 0.25) is 10.0 Å². The molecule has 1 saturated heterocycles. The van der Waals surface area contributed by atoms with Gasteiger partial charge in [-0.15, -0.1) is 0 Å². The quantitative estimate of drug-likeness (QED) is 0.778. The van der Waals surface area contributed by atoms with Crippen LogP contribution in [0.1, 0.15) is 12.0 Å². The van der Waals surface area contributed by atoms with E-state index >= 15 is 0 Å². The van der Waals surface area contributed by atoms with Crippen molar-refractivity contribution in [3.05, 3.63) is 33.6 Å². The minimum absolute atomic E-state index is 0.185. The Bertz CT molecular complexity index is 391. The van der Waals surface area contributed by atoms with Gasteiger partial charge in [-0.05, 0) is 18.6 Å². The maximum absolute atomic E-state index is 13.6. The van der Waals surface area contributed by atoms with Crippen molar-refractivity contribution in [2.75, 3.05) is 13.2 Å². The van der Waals surface area contributed by atoms with Crippen LogP contribution in [0, 0.1) is 5.82 Å². The van der Waals surface area contributed by atoms with Gasteiger partial charge in [0.15, 0.2) is 0 Å². The van der Waals surface area contributed by atoms with Gasteiger partial charge in [0.1, 0.15) is 5.82 Å². The number of hydrogen-bond acceptors (Lipinski definition) is 2. The fraction of sp³-hybridized carbons (Fsp3) is 0.400. The molecule has 1 aromatic rings. The van der Waals surface area contributed by atoms with E-state index in [0.29, 0.717) is 18.1 Å². The van der Waals surface area contributed by atoms with Crippen LogP contribution in [0.5, 0.6) is 0 Å². The third-order valence-electron chi connectivity index (χ3n) is 2.59. The lowest BCUT2D eigenvalue weighted by Crippen LogP contribution is -2.38. The molecule has 0 bridgehead atoms. The Morgan fingerprint density at radius 3 is 2.73 bits per heavy atom. The summed E-state index contributed by atoms with van der Waals surface area (Å²) in [5, 5.41) is 0.495. The molecule has 1 heterocycles. The Labute approximate surface area is 97.1 Å². The molecule has 1 unspecified atom stereocenters. The standard InChI is InChI=1S/C10H10Cl2FNO/c11-6-1-2-7(13)8(9(6)12)10(14)3-4-15-5-10/h1-2H,3-5,14H2. The van der Waals surface area contributed by atoms with Crippen LogP contribution in [-0.2, 0) is 10.3 Å². The zero-order valence-electron chi connectivity index (χ0n) is 7.90. The van der Waals surface area contributed by atoms with Crippen LogP contribution in [-0.4, -0.2) is 13.2 Å². The predicted molar refractivity (Wildman–Crippen MR) is 57.7 cm³/mol. The molecule has 0 saturated carbocycles. The molecule has 1 aliphatic heterocycles. The second-order valence-corrected chi connectivity index (χ2v) is 4.46. The average molecular weight is 250 g/mol. The summed E-state index contributed by atoms with van der Waals surface area (Å²) >= 11 is 11.8. The molecule has 0 aromatic heterocycles. The lowest BCUT2D eigenvalue weighted by Gasteiger charge is -2.24. The SMILES string of the molecule is NC1(c2c(F)ccc(Cl)c2Cl)CCOC1. The third kappa shape index (κ3) is 1.85. The number of hydrogen-bond donors (Lipinski definition) is 1. The van der Waals surface area contributed by atoms with E-state index in [2.05, 4.69) is 0 Å². The first-order valence-electron chi connectivity index (χ1n) is 4.55. The van der Waals surface area contributed by atoms with Crippen molar-refractivity contribution < 1.29 is 9.13 Å². The Balaban J connectivity index is 2.55. The zero-order chi connectivity index (χ0) is 11.1. The maximum Gasteiger partial charge on any atom is 0.129 e. The highest BCUT2D eigenvalue weighted by Gasteiger charge is 2.37. The Morgan fingerprint density at radius 1 is 1.40 bits per heavy atom. The van der Waals surface area contributed by atoms with Gasteiger partial charge >= 0.3 is 0 Å². The normalized spacial score (nSPS) is 25.9. The molecule has 1 atom stereocenters. The molecule has 2 nitrogen and oxygen atoms in total. The van der Waals surface area contributed by atoms with Gasteiger partial charge in [-0.3, -0.25) is 0 Å². The summed E-state index contributed by atoms with van der Waals surface area (Å²) in [6.07, 6.45) is 0.546. The number of nitrogens with two attached hydrogens (primary N) is 1. The summed E-state index contributed by atoms with van der Waals surface area (Å²) in [4.78, 5) is 0. The Morgan fingerprint density at radius 2 is 2.13 bits per heavy atom. The van der Waals surface area contributed by atoms with Gasteiger partial charge in [-0.25, -0.2) is 4.39 Å². The fourth-order valence-corrected chi connectivity index (χ4v) is 2.26. The fourth-order valence-electron chi connectivity index (χ4n) is 1.76. The smallest absolute Gasteiger partial charge is 0.129 e. The Hall–Kier alpha value is -0.350. The number of rotatable bonds is 1. The Kier molecular flexibility index (Phi) is 2.90. The topological polar surface area (TPSA) is 35.2 Å². The summed E-state index contributed by atoms with van der Waals surface area (Å²) in [6.45, 7) is 0.781. The first-order chi connectivity index (χ1) is 7.04. The van der Waals surface area contributed by atoms with Crippen molar-refractivity contribution in [1.82, 2.24) is 0 Å². The van der Waals surface area contributed by atoms with Crippen LogP contribution >= 0.6 is 23.2 Å². The van der Waals surface area contributed by atoms with E-state index in [4.69, 9.17) is 33.7 Å². The van der Waals surface area contributed by atoms with E-state index in [1.54, 1.807) is 0 Å². The lowest BCUT2D eigenvalue weighted by molar-refractivity contribution is 0.177. The van der Waals surface area contributed by atoms with Crippen LogP contribution in [0.3, 0.4) is 0 Å². The predicted octanol–water partition coefficient (Wildman–Crippen LogP) is 2.71. The van der Waals surface area contributed by atoms with Crippen molar-refractivity contribution >= 4 is 23.2 Å². The molecule has 0 radical (unpaired) electrons. The van der Waals surface area contributed by atoms with E-state index in [9.17, 15) is 4.39 Å². The molecule has 0 spiro atoms. The first-order valence-corrected chi connectivity index (χ1v) is 5.31. The zero-order valence-corrected chi connectivity index (χ0v) is 9.41. The highest BCUT2D eigenvalue weighted by molar-refractivity contribution is 6.42. The third-order valence-corrected chi connectivity index (χ3v) is 3.40. The molecular weight excluding hydrogens is 240 g/mol. The minimum Gasteiger partial charge on any atom is -0.379 e. The van der Waals surface area contributed by atoms with Gasteiger partial charge in [-0.2, -0.15) is 0 Å². The van der Waals surface area contributed by atoms with Crippen LogP contribution in [0.25, 0.3) is 0 Å². The van der Waals surface area contributed by atoms with Crippen LogP contribution in [0.15, 0.2) is 12.1 Å². The van der Waals surface area contributed by atoms with E-state index in [0.717, 1.165) is 0 Å². The molecule has 1 fully saturated rings. The molecule has 2 N–H and O–H groups in total. The van der Waals surface area contributed by atoms with Gasteiger partial charge < -0.3 is 10.5 Å². The number of benzene rings is 1. The molecule has 0 aliphatic carbocycles. The number of ether oxygens (including phenoxy) is 1. The van der Waals surface area contributed by atoms with Crippen molar-refractivity contribution in [3.63, 3.8) is 0 Å². The summed E-state index contributed by atoms with van der Waals surface area (Å²) in [5.41, 5.74) is 5.45. The molecule has 1 aliphatic rings. The molecule has 2 rings (SSSR count). The second-order valence-electron chi connectivity index (χ2n) is 3.68. The van der Waals surface area contributed by atoms with E-state index in [1.165, 1.54) is 12.1 Å².